The van der Waals surface area contributed by atoms with Crippen LogP contribution >= 0.6 is 15.9 Å². The van der Waals surface area contributed by atoms with Crippen molar-refractivity contribution in [2.45, 2.75) is 0 Å². The van der Waals surface area contributed by atoms with Crippen LogP contribution < -0.4 is 0 Å². The maximum atomic E-state index is 6.03. The Morgan fingerprint density at radius 1 is 0.609 bits per heavy atom. The number of hydrogen-bond acceptors (Lipinski definition) is 0. The van der Waals surface area contributed by atoms with Gasteiger partial charge in [0.2, 0.25) is 0 Å². The highest BCUT2D eigenvalue weighted by Gasteiger charge is 2.14. The molecule has 3 aromatic carbocycles. The Labute approximate surface area is 143 Å². The average Bonchev–Trinajstić information content (AvgIpc) is 2.62. The summed E-state index contributed by atoms with van der Waals surface area (Å²) in [4.78, 5) is 0. The molecule has 2 heteroatoms. The summed E-state index contributed by atoms with van der Waals surface area (Å²) in [6.45, 7) is 0. The van der Waals surface area contributed by atoms with Crippen molar-refractivity contribution in [2.75, 3.05) is 0 Å². The molecule has 4 aromatic rings. The van der Waals surface area contributed by atoms with Gasteiger partial charge in [-0.15, -0.1) is 0 Å². The van der Waals surface area contributed by atoms with Crippen LogP contribution in [0.5, 0.6) is 0 Å². The van der Waals surface area contributed by atoms with Crippen LogP contribution in [0.1, 0.15) is 0 Å². The Bertz CT molecular complexity index is 960. The third kappa shape index (κ3) is 2.90. The van der Waals surface area contributed by atoms with Crippen LogP contribution in [0.2, 0.25) is 0 Å². The fourth-order valence-corrected chi connectivity index (χ4v) is 3.05. The molecule has 0 atom stereocenters. The Kier molecular flexibility index (Phi) is 3.68. The first-order chi connectivity index (χ1) is 11.3. The lowest BCUT2D eigenvalue weighted by Gasteiger charge is -2.01. The van der Waals surface area contributed by atoms with E-state index in [4.69, 9.17) is 4.42 Å². The quantitative estimate of drug-likeness (QED) is 0.357. The molecule has 0 saturated heterocycles. The molecule has 0 aliphatic carbocycles. The first-order valence-corrected chi connectivity index (χ1v) is 8.27. The van der Waals surface area contributed by atoms with Crippen molar-refractivity contribution in [3.05, 3.63) is 89.4 Å². The molecular formula is C21H14BrO+. The van der Waals surface area contributed by atoms with E-state index in [0.29, 0.717) is 0 Å². The molecule has 4 rings (SSSR count). The second-order valence-corrected chi connectivity index (χ2v) is 6.34. The van der Waals surface area contributed by atoms with E-state index < -0.39 is 0 Å². The molecule has 0 aliphatic heterocycles. The van der Waals surface area contributed by atoms with Crippen LogP contribution in [0, 0.1) is 0 Å². The van der Waals surface area contributed by atoms with E-state index in [2.05, 4.69) is 76.6 Å². The standard InChI is InChI=1S/C21H14BrO/c22-19-11-13-21-18(14-19)10-12-20(23-21)17-8-6-16(7-9-17)15-4-2-1-3-5-15/h1-14H/q+1. The maximum Gasteiger partial charge on any atom is 0.360 e. The third-order valence-corrected chi connectivity index (χ3v) is 4.38. The van der Waals surface area contributed by atoms with Crippen molar-refractivity contribution in [1.82, 2.24) is 0 Å². The van der Waals surface area contributed by atoms with Crippen LogP contribution in [0.3, 0.4) is 0 Å². The summed E-state index contributed by atoms with van der Waals surface area (Å²) in [5.74, 6) is 0.874. The zero-order chi connectivity index (χ0) is 15.6. The normalized spacial score (nSPS) is 10.8. The average molecular weight is 362 g/mol. The molecule has 110 valence electrons. The van der Waals surface area contributed by atoms with E-state index in [0.717, 1.165) is 26.8 Å². The molecule has 1 nitrogen and oxygen atoms in total. The lowest BCUT2D eigenvalue weighted by molar-refractivity contribution is 0.620. The fraction of sp³-hybridized carbons (Fsp3) is 0. The Morgan fingerprint density at radius 3 is 2.09 bits per heavy atom. The Hall–Kier alpha value is -2.45. The summed E-state index contributed by atoms with van der Waals surface area (Å²) in [6, 6.07) is 29.0. The Morgan fingerprint density at radius 2 is 1.30 bits per heavy atom. The first kappa shape index (κ1) is 14.2. The van der Waals surface area contributed by atoms with Crippen molar-refractivity contribution in [1.29, 1.82) is 0 Å². The molecule has 0 spiro atoms. The molecule has 1 aromatic heterocycles. The molecule has 0 amide bonds. The van der Waals surface area contributed by atoms with Gasteiger partial charge in [0.05, 0.1) is 10.9 Å². The van der Waals surface area contributed by atoms with Gasteiger partial charge in [-0.3, -0.25) is 0 Å². The topological polar surface area (TPSA) is 11.3 Å². The lowest BCUT2D eigenvalue weighted by Crippen LogP contribution is -1.81. The summed E-state index contributed by atoms with van der Waals surface area (Å²) in [5.41, 5.74) is 4.39. The Balaban J connectivity index is 1.72. The summed E-state index contributed by atoms with van der Waals surface area (Å²) < 4.78 is 7.08. The van der Waals surface area contributed by atoms with Crippen molar-refractivity contribution in [2.24, 2.45) is 0 Å². The SMILES string of the molecule is Brc1ccc2[o+]c(-c3ccc(-c4ccccc4)cc3)ccc2c1. The molecule has 0 fully saturated rings. The lowest BCUT2D eigenvalue weighted by atomic mass is 10.0. The molecule has 0 saturated carbocycles. The largest absolute Gasteiger partial charge is 0.360 e. The van der Waals surface area contributed by atoms with E-state index >= 15 is 0 Å². The predicted molar refractivity (Wildman–Crippen MR) is 99.2 cm³/mol. The number of benzene rings is 3. The molecule has 0 unspecified atom stereocenters. The minimum absolute atomic E-state index is 0.874. The maximum absolute atomic E-state index is 6.03. The zero-order valence-corrected chi connectivity index (χ0v) is 14.0. The molecule has 1 heterocycles. The fourth-order valence-electron chi connectivity index (χ4n) is 2.67. The van der Waals surface area contributed by atoms with Gasteiger partial charge < -0.3 is 0 Å². The summed E-state index contributed by atoms with van der Waals surface area (Å²) in [5, 5.41) is 1.09. The molecular weight excluding hydrogens is 348 g/mol. The molecule has 0 radical (unpaired) electrons. The summed E-state index contributed by atoms with van der Waals surface area (Å²) >= 11 is 3.48. The number of hydrogen-bond donors (Lipinski definition) is 0. The van der Waals surface area contributed by atoms with Crippen LogP contribution in [-0.2, 0) is 0 Å². The third-order valence-electron chi connectivity index (χ3n) is 3.88. The van der Waals surface area contributed by atoms with E-state index in [1.807, 2.05) is 24.3 Å². The van der Waals surface area contributed by atoms with E-state index in [1.165, 1.54) is 11.1 Å². The van der Waals surface area contributed by atoms with Crippen molar-refractivity contribution in [3.63, 3.8) is 0 Å². The van der Waals surface area contributed by atoms with Gasteiger partial charge in [-0.1, -0.05) is 58.4 Å². The smallest absolute Gasteiger partial charge is 0.207 e. The van der Waals surface area contributed by atoms with Gasteiger partial charge in [-0.25, -0.2) is 4.42 Å². The van der Waals surface area contributed by atoms with Crippen molar-refractivity contribution < 1.29 is 4.42 Å². The summed E-state index contributed by atoms with van der Waals surface area (Å²) in [7, 11) is 0. The second kappa shape index (κ2) is 5.98. The van der Waals surface area contributed by atoms with Crippen molar-refractivity contribution in [3.8, 4) is 22.5 Å². The van der Waals surface area contributed by atoms with Gasteiger partial charge in [-0.2, -0.15) is 0 Å². The van der Waals surface area contributed by atoms with Crippen LogP contribution in [0.15, 0.2) is 93.8 Å². The molecule has 23 heavy (non-hydrogen) atoms. The van der Waals surface area contributed by atoms with Gasteiger partial charge in [0, 0.05) is 16.6 Å². The number of rotatable bonds is 2. The highest BCUT2D eigenvalue weighted by molar-refractivity contribution is 9.10. The van der Waals surface area contributed by atoms with Crippen LogP contribution in [0.25, 0.3) is 33.4 Å². The van der Waals surface area contributed by atoms with Crippen LogP contribution in [0.4, 0.5) is 0 Å². The minimum atomic E-state index is 0.874. The van der Waals surface area contributed by atoms with Gasteiger partial charge >= 0.3 is 11.3 Å². The monoisotopic (exact) mass is 361 g/mol. The van der Waals surface area contributed by atoms with Gasteiger partial charge in [0.1, 0.15) is 0 Å². The van der Waals surface area contributed by atoms with Gasteiger partial charge in [-0.05, 0) is 41.5 Å². The molecule has 0 N–H and O–H groups in total. The predicted octanol–water partition coefficient (Wildman–Crippen LogP) is 6.81. The van der Waals surface area contributed by atoms with Gasteiger partial charge in [0.15, 0.2) is 0 Å². The second-order valence-electron chi connectivity index (χ2n) is 5.43. The highest BCUT2D eigenvalue weighted by Crippen LogP contribution is 2.28. The highest BCUT2D eigenvalue weighted by atomic mass is 79.9. The first-order valence-electron chi connectivity index (χ1n) is 7.48. The van der Waals surface area contributed by atoms with E-state index in [1.54, 1.807) is 0 Å². The number of halogens is 1. The van der Waals surface area contributed by atoms with Crippen molar-refractivity contribution >= 4 is 26.9 Å². The number of fused-ring (bicyclic) bond motifs is 1. The van der Waals surface area contributed by atoms with Crippen LogP contribution in [-0.4, -0.2) is 0 Å². The van der Waals surface area contributed by atoms with E-state index in [-0.39, 0.29) is 0 Å². The summed E-state index contributed by atoms with van der Waals surface area (Å²) in [6.07, 6.45) is 0. The minimum Gasteiger partial charge on any atom is -0.207 e. The molecule has 0 bridgehead atoms. The molecule has 0 aliphatic rings. The zero-order valence-electron chi connectivity index (χ0n) is 12.4. The van der Waals surface area contributed by atoms with E-state index in [9.17, 15) is 0 Å². The van der Waals surface area contributed by atoms with Gasteiger partial charge in [0.25, 0.3) is 0 Å².